The molecule has 2 aromatic carbocycles. The van der Waals surface area contributed by atoms with E-state index < -0.39 is 0 Å². The molecule has 0 bridgehead atoms. The van der Waals surface area contributed by atoms with Crippen LogP contribution in [0.15, 0.2) is 53.1 Å². The molecule has 0 N–H and O–H groups in total. The first-order valence-electron chi connectivity index (χ1n) is 9.20. The molecule has 4 rings (SSSR count). The summed E-state index contributed by atoms with van der Waals surface area (Å²) >= 11 is 0. The van der Waals surface area contributed by atoms with E-state index in [2.05, 4.69) is 10.1 Å². The van der Waals surface area contributed by atoms with E-state index in [9.17, 15) is 4.79 Å². The van der Waals surface area contributed by atoms with E-state index in [1.807, 2.05) is 49.4 Å². The van der Waals surface area contributed by atoms with Crippen LogP contribution < -0.4 is 4.74 Å². The summed E-state index contributed by atoms with van der Waals surface area (Å²) < 4.78 is 16.5. The molecule has 3 aromatic rings. The van der Waals surface area contributed by atoms with Crippen molar-refractivity contribution in [3.63, 3.8) is 0 Å². The zero-order valence-corrected chi connectivity index (χ0v) is 15.6. The summed E-state index contributed by atoms with van der Waals surface area (Å²) in [5.74, 6) is 1.34. The smallest absolute Gasteiger partial charge is 0.262 e. The molecule has 7 nitrogen and oxygen atoms in total. The minimum Gasteiger partial charge on any atom is -0.483 e. The van der Waals surface area contributed by atoms with E-state index >= 15 is 0 Å². The zero-order valence-electron chi connectivity index (χ0n) is 15.6. The fourth-order valence-electron chi connectivity index (χ4n) is 3.08. The van der Waals surface area contributed by atoms with Crippen LogP contribution in [-0.4, -0.2) is 53.9 Å². The number of para-hydroxylation sites is 1. The molecule has 1 aliphatic heterocycles. The summed E-state index contributed by atoms with van der Waals surface area (Å²) in [4.78, 5) is 18.6. The normalized spacial score (nSPS) is 14.1. The summed E-state index contributed by atoms with van der Waals surface area (Å²) in [5, 5.41) is 4.10. The average Bonchev–Trinajstić information content (AvgIpc) is 3.23. The number of rotatable bonds is 5. The van der Waals surface area contributed by atoms with Crippen molar-refractivity contribution in [2.75, 3.05) is 32.9 Å². The maximum Gasteiger partial charge on any atom is 0.262 e. The van der Waals surface area contributed by atoms with E-state index in [-0.39, 0.29) is 12.5 Å². The van der Waals surface area contributed by atoms with Crippen LogP contribution in [0.2, 0.25) is 0 Å². The van der Waals surface area contributed by atoms with Crippen LogP contribution >= 0.6 is 0 Å². The number of carbonyl (C=O) groups is 1. The van der Waals surface area contributed by atoms with Gasteiger partial charge >= 0.3 is 0 Å². The molecule has 1 amide bonds. The SMILES string of the molecule is Cc1ccccc1-c1noc(-c2ccccc2OCC(=O)N2CCOCC2)n1. The molecule has 0 aliphatic carbocycles. The first-order chi connectivity index (χ1) is 13.7. The van der Waals surface area contributed by atoms with Gasteiger partial charge in [-0.2, -0.15) is 4.98 Å². The Balaban J connectivity index is 1.52. The maximum absolute atomic E-state index is 12.3. The lowest BCUT2D eigenvalue weighted by molar-refractivity contribution is -0.137. The van der Waals surface area contributed by atoms with Gasteiger partial charge in [0.25, 0.3) is 11.8 Å². The van der Waals surface area contributed by atoms with Crippen molar-refractivity contribution in [2.45, 2.75) is 6.92 Å². The molecule has 7 heteroatoms. The molecular formula is C21H21N3O4. The van der Waals surface area contributed by atoms with Crippen molar-refractivity contribution in [3.05, 3.63) is 54.1 Å². The minimum atomic E-state index is -0.0655. The predicted octanol–water partition coefficient (Wildman–Crippen LogP) is 2.95. The molecule has 1 saturated heterocycles. The highest BCUT2D eigenvalue weighted by molar-refractivity contribution is 5.78. The maximum atomic E-state index is 12.3. The van der Waals surface area contributed by atoms with Crippen molar-refractivity contribution in [2.24, 2.45) is 0 Å². The second-order valence-electron chi connectivity index (χ2n) is 6.52. The lowest BCUT2D eigenvalue weighted by Gasteiger charge is -2.26. The van der Waals surface area contributed by atoms with Gasteiger partial charge in [-0.25, -0.2) is 0 Å². The van der Waals surface area contributed by atoms with Crippen molar-refractivity contribution in [1.82, 2.24) is 15.0 Å². The highest BCUT2D eigenvalue weighted by atomic mass is 16.5. The van der Waals surface area contributed by atoms with Gasteiger partial charge in [0.15, 0.2) is 6.61 Å². The van der Waals surface area contributed by atoms with E-state index in [0.717, 1.165) is 11.1 Å². The van der Waals surface area contributed by atoms with Gasteiger partial charge in [0.05, 0.1) is 18.8 Å². The number of ether oxygens (including phenoxy) is 2. The number of amides is 1. The van der Waals surface area contributed by atoms with Crippen LogP contribution in [0.25, 0.3) is 22.8 Å². The third-order valence-electron chi connectivity index (χ3n) is 4.64. The molecular weight excluding hydrogens is 358 g/mol. The standard InChI is InChI=1S/C21H21N3O4/c1-15-6-2-3-7-16(15)20-22-21(28-23-20)17-8-4-5-9-18(17)27-14-19(25)24-10-12-26-13-11-24/h2-9H,10-14H2,1H3. The number of carbonyl (C=O) groups excluding carboxylic acids is 1. The molecule has 0 spiro atoms. The van der Waals surface area contributed by atoms with E-state index in [0.29, 0.717) is 49.3 Å². The fraction of sp³-hybridized carbons (Fsp3) is 0.286. The van der Waals surface area contributed by atoms with Crippen LogP contribution in [0.5, 0.6) is 5.75 Å². The summed E-state index contributed by atoms with van der Waals surface area (Å²) in [5.41, 5.74) is 2.64. The van der Waals surface area contributed by atoms with Crippen LogP contribution in [0, 0.1) is 6.92 Å². The van der Waals surface area contributed by atoms with E-state index in [4.69, 9.17) is 14.0 Å². The Labute approximate surface area is 162 Å². The van der Waals surface area contributed by atoms with Crippen molar-refractivity contribution >= 4 is 5.91 Å². The molecule has 1 fully saturated rings. The monoisotopic (exact) mass is 379 g/mol. The summed E-state index contributed by atoms with van der Waals surface area (Å²) in [6.07, 6.45) is 0. The Kier molecular flexibility index (Phi) is 5.34. The first kappa shape index (κ1) is 18.2. The first-order valence-corrected chi connectivity index (χ1v) is 9.20. The number of hydrogen-bond acceptors (Lipinski definition) is 6. The molecule has 0 radical (unpaired) electrons. The van der Waals surface area contributed by atoms with Gasteiger partial charge in [-0.3, -0.25) is 4.79 Å². The van der Waals surface area contributed by atoms with Crippen LogP contribution in [0.1, 0.15) is 5.56 Å². The topological polar surface area (TPSA) is 77.7 Å². The van der Waals surface area contributed by atoms with Gasteiger partial charge in [0.1, 0.15) is 5.75 Å². The lowest BCUT2D eigenvalue weighted by atomic mass is 10.1. The van der Waals surface area contributed by atoms with Gasteiger partial charge in [0.2, 0.25) is 5.82 Å². The second-order valence-corrected chi connectivity index (χ2v) is 6.52. The molecule has 0 unspecified atom stereocenters. The highest BCUT2D eigenvalue weighted by Crippen LogP contribution is 2.30. The third kappa shape index (κ3) is 3.89. The van der Waals surface area contributed by atoms with Crippen molar-refractivity contribution in [1.29, 1.82) is 0 Å². The average molecular weight is 379 g/mol. The van der Waals surface area contributed by atoms with Crippen molar-refractivity contribution in [3.8, 4) is 28.6 Å². The minimum absolute atomic E-state index is 0.0458. The van der Waals surface area contributed by atoms with E-state index in [1.165, 1.54) is 0 Å². The number of morpholine rings is 1. The number of nitrogens with zero attached hydrogens (tertiary/aromatic N) is 3. The number of benzene rings is 2. The largest absolute Gasteiger partial charge is 0.483 e. The number of hydrogen-bond donors (Lipinski definition) is 0. The molecule has 0 saturated carbocycles. The molecule has 1 aromatic heterocycles. The molecule has 2 heterocycles. The third-order valence-corrected chi connectivity index (χ3v) is 4.64. The second kappa shape index (κ2) is 8.22. The molecule has 28 heavy (non-hydrogen) atoms. The van der Waals surface area contributed by atoms with Crippen LogP contribution in [-0.2, 0) is 9.53 Å². The highest BCUT2D eigenvalue weighted by Gasteiger charge is 2.19. The van der Waals surface area contributed by atoms with Gasteiger partial charge in [-0.1, -0.05) is 41.6 Å². The van der Waals surface area contributed by atoms with E-state index in [1.54, 1.807) is 11.0 Å². The predicted molar refractivity (Wildman–Crippen MR) is 103 cm³/mol. The van der Waals surface area contributed by atoms with Crippen LogP contribution in [0.3, 0.4) is 0 Å². The van der Waals surface area contributed by atoms with Gasteiger partial charge in [-0.15, -0.1) is 0 Å². The van der Waals surface area contributed by atoms with Gasteiger partial charge < -0.3 is 18.9 Å². The van der Waals surface area contributed by atoms with Crippen molar-refractivity contribution < 1.29 is 18.8 Å². The van der Waals surface area contributed by atoms with Gasteiger partial charge in [-0.05, 0) is 24.6 Å². The summed E-state index contributed by atoms with van der Waals surface area (Å²) in [6.45, 7) is 4.26. The van der Waals surface area contributed by atoms with Gasteiger partial charge in [0, 0.05) is 18.7 Å². The quantitative estimate of drug-likeness (QED) is 0.678. The summed E-state index contributed by atoms with van der Waals surface area (Å²) in [7, 11) is 0. The molecule has 144 valence electrons. The lowest BCUT2D eigenvalue weighted by Crippen LogP contribution is -2.43. The Morgan fingerprint density at radius 2 is 1.79 bits per heavy atom. The van der Waals surface area contributed by atoms with Crippen LogP contribution in [0.4, 0.5) is 0 Å². The fourth-order valence-corrected chi connectivity index (χ4v) is 3.08. The Hall–Kier alpha value is -3.19. The Morgan fingerprint density at radius 3 is 2.57 bits per heavy atom. The molecule has 0 atom stereocenters. The Bertz CT molecular complexity index is 964. The summed E-state index contributed by atoms with van der Waals surface area (Å²) in [6, 6.07) is 15.2. The zero-order chi connectivity index (χ0) is 19.3. The number of aryl methyl sites for hydroxylation is 1. The molecule has 1 aliphatic rings. The number of aromatic nitrogens is 2. The Morgan fingerprint density at radius 1 is 1.07 bits per heavy atom.